The van der Waals surface area contributed by atoms with Crippen molar-refractivity contribution in [2.45, 2.75) is 18.9 Å². The number of fused-ring (bicyclic) bond motifs is 1. The van der Waals surface area contributed by atoms with Crippen molar-refractivity contribution in [1.29, 1.82) is 0 Å². The molecule has 0 N–H and O–H groups in total. The van der Waals surface area contributed by atoms with Gasteiger partial charge >= 0.3 is 0 Å². The fourth-order valence-electron chi connectivity index (χ4n) is 3.09. The number of nitrogens with zero attached hydrogens (tertiary/aromatic N) is 7. The normalized spacial score (nSPS) is 16.1. The SMILES string of the molecule is Cn1ncc2ncc(C(=O)N3CCC(n4cnnc4)CC3)cc21. The molecule has 8 nitrogen and oxygen atoms in total. The Hall–Kier alpha value is -2.77. The molecule has 0 aliphatic carbocycles. The van der Waals surface area contributed by atoms with Crippen LogP contribution in [0.4, 0.5) is 0 Å². The van der Waals surface area contributed by atoms with Gasteiger partial charge in [0.15, 0.2) is 0 Å². The van der Waals surface area contributed by atoms with Gasteiger partial charge in [-0.1, -0.05) is 0 Å². The van der Waals surface area contributed by atoms with Gasteiger partial charge in [-0.25, -0.2) is 0 Å². The van der Waals surface area contributed by atoms with Gasteiger partial charge < -0.3 is 9.47 Å². The van der Waals surface area contributed by atoms with Crippen molar-refractivity contribution in [2.24, 2.45) is 7.05 Å². The Labute approximate surface area is 132 Å². The van der Waals surface area contributed by atoms with Crippen LogP contribution in [0.2, 0.25) is 0 Å². The summed E-state index contributed by atoms with van der Waals surface area (Å²) in [7, 11) is 1.85. The second kappa shape index (κ2) is 5.45. The van der Waals surface area contributed by atoms with E-state index in [9.17, 15) is 4.79 Å². The van der Waals surface area contributed by atoms with Crippen molar-refractivity contribution in [3.8, 4) is 0 Å². The molecule has 1 aliphatic rings. The number of piperidine rings is 1. The molecule has 0 unspecified atom stereocenters. The predicted molar refractivity (Wildman–Crippen MR) is 82.7 cm³/mol. The lowest BCUT2D eigenvalue weighted by molar-refractivity contribution is 0.0694. The summed E-state index contributed by atoms with van der Waals surface area (Å²) in [5.41, 5.74) is 2.29. The first kappa shape index (κ1) is 13.9. The van der Waals surface area contributed by atoms with Crippen molar-refractivity contribution in [2.75, 3.05) is 13.1 Å². The van der Waals surface area contributed by atoms with Gasteiger partial charge in [-0.05, 0) is 18.9 Å². The molecular formula is C15H17N7O. The fraction of sp³-hybridized carbons (Fsp3) is 0.400. The number of hydrogen-bond donors (Lipinski definition) is 0. The number of carbonyl (C=O) groups is 1. The Morgan fingerprint density at radius 1 is 1.17 bits per heavy atom. The molecule has 0 atom stereocenters. The van der Waals surface area contributed by atoms with E-state index in [4.69, 9.17) is 0 Å². The molecule has 0 spiro atoms. The Kier molecular flexibility index (Phi) is 3.29. The molecule has 0 saturated carbocycles. The number of rotatable bonds is 2. The van der Waals surface area contributed by atoms with Crippen LogP contribution < -0.4 is 0 Å². The van der Waals surface area contributed by atoms with Crippen LogP contribution in [0.1, 0.15) is 29.2 Å². The summed E-state index contributed by atoms with van der Waals surface area (Å²) in [6.45, 7) is 1.45. The minimum atomic E-state index is 0.0304. The van der Waals surface area contributed by atoms with Gasteiger partial charge in [0.05, 0.1) is 17.3 Å². The van der Waals surface area contributed by atoms with E-state index in [1.807, 2.05) is 22.6 Å². The molecule has 118 valence electrons. The zero-order valence-electron chi connectivity index (χ0n) is 12.8. The number of amides is 1. The van der Waals surface area contributed by atoms with Crippen LogP contribution in [-0.2, 0) is 7.05 Å². The van der Waals surface area contributed by atoms with Crippen molar-refractivity contribution < 1.29 is 4.79 Å². The predicted octanol–water partition coefficient (Wildman–Crippen LogP) is 1.04. The summed E-state index contributed by atoms with van der Waals surface area (Å²) in [6.07, 6.45) is 8.63. The van der Waals surface area contributed by atoms with Crippen LogP contribution >= 0.6 is 0 Å². The third kappa shape index (κ3) is 2.45. The Morgan fingerprint density at radius 2 is 1.91 bits per heavy atom. The molecule has 23 heavy (non-hydrogen) atoms. The summed E-state index contributed by atoms with van der Waals surface area (Å²) in [5.74, 6) is 0.0304. The van der Waals surface area contributed by atoms with E-state index in [0.717, 1.165) is 37.0 Å². The van der Waals surface area contributed by atoms with Crippen molar-refractivity contribution in [1.82, 2.24) is 34.4 Å². The quantitative estimate of drug-likeness (QED) is 0.706. The zero-order chi connectivity index (χ0) is 15.8. The van der Waals surface area contributed by atoms with Gasteiger partial charge in [-0.2, -0.15) is 5.10 Å². The summed E-state index contributed by atoms with van der Waals surface area (Å²) < 4.78 is 3.75. The average molecular weight is 311 g/mol. The molecule has 1 saturated heterocycles. The highest BCUT2D eigenvalue weighted by Crippen LogP contribution is 2.23. The monoisotopic (exact) mass is 311 g/mol. The largest absolute Gasteiger partial charge is 0.338 e. The van der Waals surface area contributed by atoms with E-state index in [-0.39, 0.29) is 5.91 Å². The minimum absolute atomic E-state index is 0.0304. The molecular weight excluding hydrogens is 294 g/mol. The van der Waals surface area contributed by atoms with E-state index < -0.39 is 0 Å². The van der Waals surface area contributed by atoms with Crippen LogP contribution in [0, 0.1) is 0 Å². The van der Waals surface area contributed by atoms with Gasteiger partial charge in [-0.3, -0.25) is 14.5 Å². The fourth-order valence-corrected chi connectivity index (χ4v) is 3.09. The summed E-state index contributed by atoms with van der Waals surface area (Å²) in [4.78, 5) is 18.9. The second-order valence-electron chi connectivity index (χ2n) is 5.83. The summed E-state index contributed by atoms with van der Waals surface area (Å²) in [6, 6.07) is 2.23. The molecule has 3 aromatic heterocycles. The van der Waals surface area contributed by atoms with Crippen molar-refractivity contribution in [3.05, 3.63) is 36.7 Å². The molecule has 3 aromatic rings. The smallest absolute Gasteiger partial charge is 0.255 e. The highest BCUT2D eigenvalue weighted by atomic mass is 16.2. The van der Waals surface area contributed by atoms with E-state index in [1.54, 1.807) is 29.7 Å². The van der Waals surface area contributed by atoms with E-state index in [2.05, 4.69) is 20.3 Å². The number of likely N-dealkylation sites (tertiary alicyclic amines) is 1. The van der Waals surface area contributed by atoms with Crippen molar-refractivity contribution >= 4 is 16.9 Å². The number of carbonyl (C=O) groups excluding carboxylic acids is 1. The second-order valence-corrected chi connectivity index (χ2v) is 5.83. The molecule has 0 aromatic carbocycles. The Balaban J connectivity index is 1.49. The molecule has 1 fully saturated rings. The molecule has 8 heteroatoms. The Morgan fingerprint density at radius 3 is 2.65 bits per heavy atom. The van der Waals surface area contributed by atoms with Crippen LogP contribution in [0.3, 0.4) is 0 Å². The van der Waals surface area contributed by atoms with E-state index in [1.165, 1.54) is 0 Å². The number of hydrogen-bond acceptors (Lipinski definition) is 5. The molecule has 4 rings (SSSR count). The number of aromatic nitrogens is 6. The third-order valence-corrected chi connectivity index (χ3v) is 4.46. The van der Waals surface area contributed by atoms with Crippen LogP contribution in [0.5, 0.6) is 0 Å². The molecule has 1 amide bonds. The lowest BCUT2D eigenvalue weighted by atomic mass is 10.0. The van der Waals surface area contributed by atoms with Crippen LogP contribution in [0.25, 0.3) is 11.0 Å². The molecule has 0 radical (unpaired) electrons. The lowest BCUT2D eigenvalue weighted by Gasteiger charge is -2.32. The van der Waals surface area contributed by atoms with E-state index in [0.29, 0.717) is 11.6 Å². The first-order valence-electron chi connectivity index (χ1n) is 7.63. The van der Waals surface area contributed by atoms with Gasteiger partial charge in [0.1, 0.15) is 18.2 Å². The Bertz CT molecular complexity index is 831. The number of aryl methyl sites for hydroxylation is 1. The van der Waals surface area contributed by atoms with Gasteiger partial charge in [0.2, 0.25) is 0 Å². The maximum Gasteiger partial charge on any atom is 0.255 e. The topological polar surface area (TPSA) is 81.7 Å². The average Bonchev–Trinajstić information content (AvgIpc) is 3.25. The van der Waals surface area contributed by atoms with Crippen LogP contribution in [0.15, 0.2) is 31.1 Å². The van der Waals surface area contributed by atoms with Gasteiger partial charge in [-0.15, -0.1) is 10.2 Å². The molecule has 1 aliphatic heterocycles. The first-order chi connectivity index (χ1) is 11.2. The number of pyridine rings is 1. The van der Waals surface area contributed by atoms with Gasteiger partial charge in [0, 0.05) is 32.4 Å². The molecule has 4 heterocycles. The summed E-state index contributed by atoms with van der Waals surface area (Å²) >= 11 is 0. The third-order valence-electron chi connectivity index (χ3n) is 4.46. The highest BCUT2D eigenvalue weighted by Gasteiger charge is 2.25. The van der Waals surface area contributed by atoms with Crippen LogP contribution in [-0.4, -0.2) is 53.4 Å². The van der Waals surface area contributed by atoms with E-state index >= 15 is 0 Å². The lowest BCUT2D eigenvalue weighted by Crippen LogP contribution is -2.39. The molecule has 0 bridgehead atoms. The minimum Gasteiger partial charge on any atom is -0.338 e. The highest BCUT2D eigenvalue weighted by molar-refractivity contribution is 5.96. The van der Waals surface area contributed by atoms with Gasteiger partial charge in [0.25, 0.3) is 5.91 Å². The first-order valence-corrected chi connectivity index (χ1v) is 7.63. The maximum absolute atomic E-state index is 12.7. The standard InChI is InChI=1S/C15H17N7O/c1-20-14-6-11(7-16-13(14)8-19-20)15(23)21-4-2-12(3-5-21)22-9-17-18-10-22/h6-10,12H,2-5H2,1H3. The zero-order valence-corrected chi connectivity index (χ0v) is 12.8. The summed E-state index contributed by atoms with van der Waals surface area (Å²) in [5, 5.41) is 11.9. The maximum atomic E-state index is 12.7. The van der Waals surface area contributed by atoms with Crippen molar-refractivity contribution in [3.63, 3.8) is 0 Å².